The van der Waals surface area contributed by atoms with Crippen LogP contribution in [-0.4, -0.2) is 27.7 Å². The number of aromatic nitrogens is 2. The molecular formula is C13H10BrF3N6O3. The molecule has 0 bridgehead atoms. The number of benzene rings is 1. The number of anilines is 1. The van der Waals surface area contributed by atoms with Gasteiger partial charge in [-0.05, 0) is 18.2 Å². The SMILES string of the molecule is NC(=O)NC(=O)Nc1cn(-c2ccc(Br)c(C(F)(F)F)c2)nc1C(N)=O. The third-order valence-corrected chi connectivity index (χ3v) is 3.64. The van der Waals surface area contributed by atoms with Crippen molar-refractivity contribution in [1.29, 1.82) is 0 Å². The van der Waals surface area contributed by atoms with Crippen molar-refractivity contribution in [3.63, 3.8) is 0 Å². The first-order valence-electron chi connectivity index (χ1n) is 6.63. The highest BCUT2D eigenvalue weighted by Crippen LogP contribution is 2.36. The highest BCUT2D eigenvalue weighted by atomic mass is 79.9. The zero-order valence-corrected chi connectivity index (χ0v) is 14.2. The summed E-state index contributed by atoms with van der Waals surface area (Å²) in [7, 11) is 0. The number of hydrogen-bond donors (Lipinski definition) is 4. The van der Waals surface area contributed by atoms with Gasteiger partial charge in [0.2, 0.25) is 0 Å². The number of carbonyl (C=O) groups excluding carboxylic acids is 3. The van der Waals surface area contributed by atoms with Gasteiger partial charge in [0.25, 0.3) is 5.91 Å². The van der Waals surface area contributed by atoms with E-state index in [0.717, 1.165) is 23.0 Å². The number of nitrogens with zero attached hydrogens (tertiary/aromatic N) is 2. The molecule has 6 N–H and O–H groups in total. The van der Waals surface area contributed by atoms with Crippen LogP contribution in [0.15, 0.2) is 28.9 Å². The fourth-order valence-electron chi connectivity index (χ4n) is 1.92. The second-order valence-electron chi connectivity index (χ2n) is 4.81. The van der Waals surface area contributed by atoms with Crippen molar-refractivity contribution < 1.29 is 27.6 Å². The second kappa shape index (κ2) is 7.03. The Bertz CT molecular complexity index is 896. The summed E-state index contributed by atoms with van der Waals surface area (Å²) in [5.74, 6) is -1.05. The first kappa shape index (κ1) is 19.2. The van der Waals surface area contributed by atoms with Gasteiger partial charge in [0, 0.05) is 4.47 Å². The monoisotopic (exact) mass is 434 g/mol. The minimum absolute atomic E-state index is 0.0496. The average Bonchev–Trinajstić information content (AvgIpc) is 2.89. The molecule has 5 amide bonds. The Kier molecular flexibility index (Phi) is 5.20. The molecule has 0 spiro atoms. The Labute approximate surface area is 151 Å². The molecule has 2 rings (SSSR count). The minimum Gasteiger partial charge on any atom is -0.364 e. The van der Waals surface area contributed by atoms with E-state index >= 15 is 0 Å². The van der Waals surface area contributed by atoms with E-state index in [0.29, 0.717) is 0 Å². The number of nitrogens with one attached hydrogen (secondary N) is 2. The maximum atomic E-state index is 13.0. The number of imide groups is 1. The molecule has 9 nitrogen and oxygen atoms in total. The molecule has 1 aromatic heterocycles. The quantitative estimate of drug-likeness (QED) is 0.584. The van der Waals surface area contributed by atoms with E-state index in [2.05, 4.69) is 26.3 Å². The number of amides is 5. The second-order valence-corrected chi connectivity index (χ2v) is 5.66. The van der Waals surface area contributed by atoms with Crippen LogP contribution in [0.5, 0.6) is 0 Å². The molecule has 0 saturated heterocycles. The van der Waals surface area contributed by atoms with Crippen LogP contribution in [-0.2, 0) is 6.18 Å². The van der Waals surface area contributed by atoms with Gasteiger partial charge in [-0.15, -0.1) is 0 Å². The summed E-state index contributed by atoms with van der Waals surface area (Å²) in [5, 5.41) is 7.56. The van der Waals surface area contributed by atoms with Gasteiger partial charge in [-0.3, -0.25) is 10.1 Å². The van der Waals surface area contributed by atoms with E-state index in [4.69, 9.17) is 11.5 Å². The lowest BCUT2D eigenvalue weighted by Gasteiger charge is -2.11. The van der Waals surface area contributed by atoms with Gasteiger partial charge in [0.1, 0.15) is 0 Å². The van der Waals surface area contributed by atoms with Gasteiger partial charge in [-0.1, -0.05) is 15.9 Å². The Morgan fingerprint density at radius 3 is 2.38 bits per heavy atom. The molecule has 0 aliphatic carbocycles. The molecule has 26 heavy (non-hydrogen) atoms. The molecule has 1 heterocycles. The predicted octanol–water partition coefficient (Wildman–Crippen LogP) is 1.95. The Morgan fingerprint density at radius 1 is 1.19 bits per heavy atom. The zero-order chi connectivity index (χ0) is 19.6. The minimum atomic E-state index is -4.63. The fourth-order valence-corrected chi connectivity index (χ4v) is 2.39. The van der Waals surface area contributed by atoms with Gasteiger partial charge in [0.05, 0.1) is 23.1 Å². The van der Waals surface area contributed by atoms with Crippen LogP contribution in [0, 0.1) is 0 Å². The molecule has 0 saturated carbocycles. The molecule has 13 heteroatoms. The van der Waals surface area contributed by atoms with E-state index in [1.54, 1.807) is 5.32 Å². The van der Waals surface area contributed by atoms with Crippen LogP contribution in [0.4, 0.5) is 28.4 Å². The average molecular weight is 435 g/mol. The highest BCUT2D eigenvalue weighted by molar-refractivity contribution is 9.10. The Morgan fingerprint density at radius 2 is 1.85 bits per heavy atom. The molecule has 0 unspecified atom stereocenters. The zero-order valence-electron chi connectivity index (χ0n) is 12.6. The highest BCUT2D eigenvalue weighted by Gasteiger charge is 2.33. The summed E-state index contributed by atoms with van der Waals surface area (Å²) in [4.78, 5) is 33.6. The third-order valence-electron chi connectivity index (χ3n) is 2.95. The number of primary amides is 2. The normalized spacial score (nSPS) is 11.1. The topological polar surface area (TPSA) is 145 Å². The number of alkyl halides is 3. The van der Waals surface area contributed by atoms with Crippen LogP contribution in [0.1, 0.15) is 16.1 Å². The number of carbonyl (C=O) groups is 3. The van der Waals surface area contributed by atoms with Crippen molar-refractivity contribution in [2.24, 2.45) is 11.5 Å². The van der Waals surface area contributed by atoms with Gasteiger partial charge >= 0.3 is 18.2 Å². The van der Waals surface area contributed by atoms with E-state index < -0.39 is 35.4 Å². The van der Waals surface area contributed by atoms with E-state index in [-0.39, 0.29) is 15.8 Å². The predicted molar refractivity (Wildman–Crippen MR) is 86.5 cm³/mol. The lowest BCUT2D eigenvalue weighted by Crippen LogP contribution is -2.38. The molecule has 0 aliphatic rings. The fraction of sp³-hybridized carbons (Fsp3) is 0.0769. The first-order valence-corrected chi connectivity index (χ1v) is 7.42. The van der Waals surface area contributed by atoms with Crippen molar-refractivity contribution in [3.8, 4) is 5.69 Å². The van der Waals surface area contributed by atoms with Gasteiger partial charge in [0.15, 0.2) is 5.69 Å². The standard InChI is InChI=1S/C13H10BrF3N6O3/c14-7-2-1-5(3-6(7)13(15,16)17)23-4-8(9(22-23)10(18)24)20-12(26)21-11(19)25/h1-4H,(H2,18,24)(H4,19,20,21,25,26). The third kappa shape index (κ3) is 4.30. The smallest absolute Gasteiger partial charge is 0.364 e. The number of urea groups is 2. The number of halogens is 4. The lowest BCUT2D eigenvalue weighted by molar-refractivity contribution is -0.138. The first-order chi connectivity index (χ1) is 12.0. The maximum absolute atomic E-state index is 13.0. The molecule has 0 radical (unpaired) electrons. The van der Waals surface area contributed by atoms with Crippen molar-refractivity contribution in [2.75, 3.05) is 5.32 Å². The lowest BCUT2D eigenvalue weighted by atomic mass is 10.2. The van der Waals surface area contributed by atoms with Crippen molar-refractivity contribution in [2.45, 2.75) is 6.18 Å². The molecule has 138 valence electrons. The number of rotatable bonds is 3. The summed E-state index contributed by atoms with van der Waals surface area (Å²) in [6.07, 6.45) is -3.57. The van der Waals surface area contributed by atoms with Crippen molar-refractivity contribution >= 4 is 39.6 Å². The molecule has 0 aliphatic heterocycles. The molecular weight excluding hydrogens is 425 g/mol. The van der Waals surface area contributed by atoms with E-state index in [1.165, 1.54) is 6.07 Å². The van der Waals surface area contributed by atoms with E-state index in [1.807, 2.05) is 0 Å². The van der Waals surface area contributed by atoms with Crippen LogP contribution >= 0.6 is 15.9 Å². The van der Waals surface area contributed by atoms with Crippen LogP contribution < -0.4 is 22.1 Å². The largest absolute Gasteiger partial charge is 0.417 e. The number of hydrogen-bond acceptors (Lipinski definition) is 4. The van der Waals surface area contributed by atoms with Crippen LogP contribution in [0.25, 0.3) is 5.69 Å². The van der Waals surface area contributed by atoms with Crippen LogP contribution in [0.2, 0.25) is 0 Å². The van der Waals surface area contributed by atoms with Gasteiger partial charge in [-0.2, -0.15) is 18.3 Å². The molecule has 0 fully saturated rings. The number of nitrogens with two attached hydrogens (primary N) is 2. The summed E-state index contributed by atoms with van der Waals surface area (Å²) in [6.45, 7) is 0. The van der Waals surface area contributed by atoms with Crippen molar-refractivity contribution in [3.05, 3.63) is 40.1 Å². The van der Waals surface area contributed by atoms with Gasteiger partial charge in [-0.25, -0.2) is 14.3 Å². The van der Waals surface area contributed by atoms with E-state index in [9.17, 15) is 27.6 Å². The molecule has 0 atom stereocenters. The molecule has 2 aromatic rings. The summed E-state index contributed by atoms with van der Waals surface area (Å²) < 4.78 is 39.8. The summed E-state index contributed by atoms with van der Waals surface area (Å²) in [6, 6.07) is 1.00. The summed E-state index contributed by atoms with van der Waals surface area (Å²) >= 11 is 2.80. The van der Waals surface area contributed by atoms with Gasteiger partial charge < -0.3 is 16.8 Å². The van der Waals surface area contributed by atoms with Crippen molar-refractivity contribution in [1.82, 2.24) is 15.1 Å². The Balaban J connectivity index is 2.45. The Hall–Kier alpha value is -3.09. The summed E-state index contributed by atoms with van der Waals surface area (Å²) in [5.41, 5.74) is 8.25. The van der Waals surface area contributed by atoms with Crippen LogP contribution in [0.3, 0.4) is 0 Å². The molecule has 1 aromatic carbocycles. The maximum Gasteiger partial charge on any atom is 0.417 e.